The second-order valence-corrected chi connectivity index (χ2v) is 12.1. The Morgan fingerprint density at radius 2 is 1.82 bits per heavy atom. The first kappa shape index (κ1) is 23.0. The molecule has 1 saturated heterocycles. The van der Waals surface area contributed by atoms with Gasteiger partial charge in [-0.05, 0) is 44.6 Å². The molecule has 10 heteroatoms. The predicted octanol–water partition coefficient (Wildman–Crippen LogP) is 2.33. The molecule has 1 N–H and O–H groups in total. The number of carbonyl (C=O) groups excluding carboxylic acids is 2. The Bertz CT molecular complexity index is 1190. The third kappa shape index (κ3) is 4.48. The number of rotatable bonds is 7. The summed E-state index contributed by atoms with van der Waals surface area (Å²) in [6.07, 6.45) is 6.38. The van der Waals surface area contributed by atoms with Crippen molar-refractivity contribution in [2.75, 3.05) is 7.05 Å². The molecule has 2 aliphatic carbocycles. The van der Waals surface area contributed by atoms with Gasteiger partial charge < -0.3 is 4.90 Å². The molecule has 34 heavy (non-hydrogen) atoms. The van der Waals surface area contributed by atoms with Gasteiger partial charge in [0.2, 0.25) is 15.9 Å². The fourth-order valence-electron chi connectivity index (χ4n) is 5.14. The van der Waals surface area contributed by atoms with Gasteiger partial charge in [-0.15, -0.1) is 0 Å². The smallest absolute Gasteiger partial charge is 0.324 e. The summed E-state index contributed by atoms with van der Waals surface area (Å²) in [6, 6.07) is 9.32. The van der Waals surface area contributed by atoms with Crippen LogP contribution >= 0.6 is 0 Å². The average Bonchev–Trinajstić information content (AvgIpc) is 3.36. The number of nitrogens with zero attached hydrogens (tertiary/aromatic N) is 4. The molecule has 2 heterocycles. The molecule has 9 nitrogen and oxygen atoms in total. The van der Waals surface area contributed by atoms with Crippen LogP contribution in [0, 0.1) is 5.92 Å². The highest BCUT2D eigenvalue weighted by molar-refractivity contribution is 7.90. The molecule has 3 aliphatic rings. The number of imide groups is 1. The van der Waals surface area contributed by atoms with Crippen molar-refractivity contribution in [2.45, 2.75) is 68.9 Å². The van der Waals surface area contributed by atoms with Crippen LogP contribution in [0.3, 0.4) is 0 Å². The van der Waals surface area contributed by atoms with Gasteiger partial charge in [-0.2, -0.15) is 5.10 Å². The SMILES string of the molecule is CN1C(=O)N(Cc2cnn(Cc3ccccc3)c2)C(=O)C2CC(S(=O)(=O)NC3(C)CC3)CCC21. The minimum atomic E-state index is -3.52. The molecule has 1 aromatic heterocycles. The summed E-state index contributed by atoms with van der Waals surface area (Å²) in [4.78, 5) is 29.3. The molecule has 0 spiro atoms. The van der Waals surface area contributed by atoms with Gasteiger partial charge in [0.15, 0.2) is 0 Å². The molecule has 182 valence electrons. The van der Waals surface area contributed by atoms with Crippen LogP contribution in [-0.2, 0) is 27.9 Å². The molecular weight excluding hydrogens is 454 g/mol. The minimum Gasteiger partial charge on any atom is -0.324 e. The van der Waals surface area contributed by atoms with E-state index < -0.39 is 21.2 Å². The fraction of sp³-hybridized carbons (Fsp3) is 0.542. The van der Waals surface area contributed by atoms with E-state index >= 15 is 0 Å². The predicted molar refractivity (Wildman–Crippen MR) is 126 cm³/mol. The van der Waals surface area contributed by atoms with E-state index in [2.05, 4.69) is 9.82 Å². The number of amides is 3. The number of fused-ring (bicyclic) bond motifs is 1. The monoisotopic (exact) mass is 485 g/mol. The van der Waals surface area contributed by atoms with E-state index in [1.807, 2.05) is 43.5 Å². The summed E-state index contributed by atoms with van der Waals surface area (Å²) in [7, 11) is -1.82. The molecule has 5 rings (SSSR count). The number of carbonyl (C=O) groups is 2. The number of aromatic nitrogens is 2. The summed E-state index contributed by atoms with van der Waals surface area (Å²) in [5, 5.41) is 3.76. The highest BCUT2D eigenvalue weighted by Gasteiger charge is 2.51. The van der Waals surface area contributed by atoms with Gasteiger partial charge in [0, 0.05) is 30.4 Å². The Labute approximate surface area is 200 Å². The largest absolute Gasteiger partial charge is 0.327 e. The van der Waals surface area contributed by atoms with Crippen molar-refractivity contribution in [3.05, 3.63) is 53.9 Å². The van der Waals surface area contributed by atoms with Crippen molar-refractivity contribution in [3.8, 4) is 0 Å². The third-order valence-electron chi connectivity index (χ3n) is 7.42. The molecule has 1 aromatic carbocycles. The Balaban J connectivity index is 1.30. The van der Waals surface area contributed by atoms with E-state index in [-0.39, 0.29) is 36.5 Å². The quantitative estimate of drug-likeness (QED) is 0.648. The normalized spacial score (nSPS) is 26.5. The molecular formula is C24H31N5O4S. The Morgan fingerprint density at radius 3 is 2.53 bits per heavy atom. The summed E-state index contributed by atoms with van der Waals surface area (Å²) < 4.78 is 30.5. The maximum Gasteiger partial charge on any atom is 0.327 e. The van der Waals surface area contributed by atoms with Gasteiger partial charge in [0.1, 0.15) is 0 Å². The van der Waals surface area contributed by atoms with Crippen LogP contribution in [0.15, 0.2) is 42.7 Å². The van der Waals surface area contributed by atoms with E-state index in [0.29, 0.717) is 19.4 Å². The first-order valence-electron chi connectivity index (χ1n) is 11.8. The van der Waals surface area contributed by atoms with Crippen molar-refractivity contribution in [3.63, 3.8) is 0 Å². The molecule has 0 bridgehead atoms. The molecule has 0 radical (unpaired) electrons. The number of hydrogen-bond donors (Lipinski definition) is 1. The van der Waals surface area contributed by atoms with Gasteiger partial charge in [0.25, 0.3) is 0 Å². The lowest BCUT2D eigenvalue weighted by atomic mass is 9.81. The zero-order chi connectivity index (χ0) is 24.1. The molecule has 2 saturated carbocycles. The van der Waals surface area contributed by atoms with Crippen molar-refractivity contribution < 1.29 is 18.0 Å². The zero-order valence-electron chi connectivity index (χ0n) is 19.6. The van der Waals surface area contributed by atoms with Gasteiger partial charge in [0.05, 0.1) is 30.5 Å². The lowest BCUT2D eigenvalue weighted by Crippen LogP contribution is -2.62. The van der Waals surface area contributed by atoms with E-state index in [1.165, 1.54) is 4.90 Å². The number of nitrogens with one attached hydrogen (secondary N) is 1. The Morgan fingerprint density at radius 1 is 1.09 bits per heavy atom. The highest BCUT2D eigenvalue weighted by atomic mass is 32.2. The number of benzene rings is 1. The van der Waals surface area contributed by atoms with E-state index in [9.17, 15) is 18.0 Å². The zero-order valence-corrected chi connectivity index (χ0v) is 20.4. The second-order valence-electron chi connectivity index (χ2n) is 10.2. The lowest BCUT2D eigenvalue weighted by molar-refractivity contribution is -0.140. The summed E-state index contributed by atoms with van der Waals surface area (Å²) in [6.45, 7) is 2.63. The van der Waals surface area contributed by atoms with Gasteiger partial charge >= 0.3 is 6.03 Å². The molecule has 3 fully saturated rings. The summed E-state index contributed by atoms with van der Waals surface area (Å²) >= 11 is 0. The number of urea groups is 1. The van der Waals surface area contributed by atoms with Crippen LogP contribution in [0.25, 0.3) is 0 Å². The molecule has 1 aliphatic heterocycles. The van der Waals surface area contributed by atoms with Gasteiger partial charge in [-0.3, -0.25) is 14.4 Å². The molecule has 3 amide bonds. The molecule has 3 atom stereocenters. The first-order valence-corrected chi connectivity index (χ1v) is 13.4. The van der Waals surface area contributed by atoms with Gasteiger partial charge in [-0.25, -0.2) is 17.9 Å². The van der Waals surface area contributed by atoms with E-state index in [1.54, 1.807) is 22.8 Å². The highest BCUT2D eigenvalue weighted by Crippen LogP contribution is 2.40. The van der Waals surface area contributed by atoms with Crippen molar-refractivity contribution in [1.82, 2.24) is 24.3 Å². The van der Waals surface area contributed by atoms with Crippen LogP contribution in [-0.4, -0.2) is 63.8 Å². The maximum absolute atomic E-state index is 13.4. The van der Waals surface area contributed by atoms with Gasteiger partial charge in [-0.1, -0.05) is 30.3 Å². The number of sulfonamides is 1. The first-order chi connectivity index (χ1) is 16.2. The maximum atomic E-state index is 13.4. The van der Waals surface area contributed by atoms with E-state index in [0.717, 1.165) is 24.0 Å². The fourth-order valence-corrected chi connectivity index (χ4v) is 7.11. The van der Waals surface area contributed by atoms with Crippen LogP contribution in [0.2, 0.25) is 0 Å². The Kier molecular flexibility index (Phi) is 5.76. The third-order valence-corrected chi connectivity index (χ3v) is 9.50. The average molecular weight is 486 g/mol. The minimum absolute atomic E-state index is 0.119. The molecule has 3 unspecified atom stereocenters. The van der Waals surface area contributed by atoms with Crippen LogP contribution in [0.1, 0.15) is 50.2 Å². The van der Waals surface area contributed by atoms with Crippen molar-refractivity contribution >= 4 is 22.0 Å². The van der Waals surface area contributed by atoms with E-state index in [4.69, 9.17) is 0 Å². The summed E-state index contributed by atoms with van der Waals surface area (Å²) in [5.41, 5.74) is 1.52. The number of hydrogen-bond acceptors (Lipinski definition) is 5. The summed E-state index contributed by atoms with van der Waals surface area (Å²) in [5.74, 6) is -0.814. The standard InChI is InChI=1S/C24H31N5O4S/c1-24(10-11-24)26-34(32,33)19-8-9-21-20(12-19)22(30)29(23(31)27(21)2)16-18-13-25-28(15-18)14-17-6-4-3-5-7-17/h3-7,13,15,19-21,26H,8-12,14,16H2,1-2H3. The van der Waals surface area contributed by atoms with Crippen LogP contribution in [0.4, 0.5) is 4.79 Å². The van der Waals surface area contributed by atoms with Crippen molar-refractivity contribution in [2.24, 2.45) is 5.92 Å². The topological polar surface area (TPSA) is 105 Å². The van der Waals surface area contributed by atoms with Crippen LogP contribution < -0.4 is 4.72 Å². The Hall–Kier alpha value is -2.72. The second kappa shape index (κ2) is 8.49. The van der Waals surface area contributed by atoms with Crippen LogP contribution in [0.5, 0.6) is 0 Å². The van der Waals surface area contributed by atoms with Crippen molar-refractivity contribution in [1.29, 1.82) is 0 Å². The lowest BCUT2D eigenvalue weighted by Gasteiger charge is -2.46. The molecule has 2 aromatic rings.